The summed E-state index contributed by atoms with van der Waals surface area (Å²) in [7, 11) is -1.74. The van der Waals surface area contributed by atoms with E-state index >= 15 is 0 Å². The highest BCUT2D eigenvalue weighted by atomic mass is 32.3. The predicted octanol–water partition coefficient (Wildman–Crippen LogP) is 0.410. The maximum Gasteiger partial charge on any atom is 0.275 e. The van der Waals surface area contributed by atoms with Crippen molar-refractivity contribution in [3.05, 3.63) is 29.8 Å². The summed E-state index contributed by atoms with van der Waals surface area (Å²) in [6.45, 7) is 1.53. The van der Waals surface area contributed by atoms with Crippen LogP contribution >= 0.6 is 11.8 Å². The van der Waals surface area contributed by atoms with Gasteiger partial charge in [0.1, 0.15) is 12.3 Å². The molecular formula is C16H25FN2O6S2. The van der Waals surface area contributed by atoms with Crippen molar-refractivity contribution < 1.29 is 36.0 Å². The maximum absolute atomic E-state index is 11.7. The molecule has 0 aromatic heterocycles. The number of carbonyl (C=O) groups excluding carboxylic acids is 1. The quantitative estimate of drug-likeness (QED) is 0.368. The number of benzene rings is 1. The van der Waals surface area contributed by atoms with Crippen molar-refractivity contribution in [2.45, 2.75) is 23.5 Å². The van der Waals surface area contributed by atoms with Crippen LogP contribution < -0.4 is 10.5 Å². The molecule has 0 spiro atoms. The third-order valence-corrected chi connectivity index (χ3v) is 5.76. The molecule has 1 aliphatic heterocycles. The Morgan fingerprint density at radius 3 is 2.44 bits per heavy atom. The average molecular weight is 425 g/mol. The summed E-state index contributed by atoms with van der Waals surface area (Å²) in [5.74, 6) is 1.50. The fraction of sp³-hybridized carbons (Fsp3) is 0.562. The SMILES string of the molecule is COc1ccc(CS[C@H]2C[C@@H](C(N)=O)[N+](C)(CCO)C2)cc1.O=S(=O)([O-])F. The molecule has 0 radical (unpaired) electrons. The number of ether oxygens (including phenoxy) is 1. The molecular weight excluding hydrogens is 399 g/mol. The van der Waals surface area contributed by atoms with Gasteiger partial charge in [0, 0.05) is 12.2 Å². The molecule has 3 atom stereocenters. The van der Waals surface area contributed by atoms with Gasteiger partial charge in [0.15, 0.2) is 6.04 Å². The predicted molar refractivity (Wildman–Crippen MR) is 99.5 cm³/mol. The van der Waals surface area contributed by atoms with E-state index in [0.717, 1.165) is 24.5 Å². The van der Waals surface area contributed by atoms with Gasteiger partial charge in [-0.05, 0) is 17.7 Å². The van der Waals surface area contributed by atoms with Crippen molar-refractivity contribution in [2.24, 2.45) is 5.73 Å². The maximum atomic E-state index is 11.7. The Morgan fingerprint density at radius 1 is 1.44 bits per heavy atom. The van der Waals surface area contributed by atoms with E-state index in [2.05, 4.69) is 12.1 Å². The lowest BCUT2D eigenvalue weighted by Gasteiger charge is -2.33. The van der Waals surface area contributed by atoms with E-state index in [4.69, 9.17) is 23.4 Å². The molecule has 154 valence electrons. The third-order valence-electron chi connectivity index (χ3n) is 4.44. The number of likely N-dealkylation sites (tertiary alicyclic amines) is 1. The number of carbonyl (C=O) groups is 1. The fourth-order valence-corrected chi connectivity index (χ4v) is 4.51. The number of likely N-dealkylation sites (N-methyl/N-ethyl adjacent to an activating group) is 1. The van der Waals surface area contributed by atoms with Crippen molar-refractivity contribution in [2.75, 3.05) is 33.9 Å². The van der Waals surface area contributed by atoms with Gasteiger partial charge in [-0.3, -0.25) is 4.79 Å². The number of nitrogens with two attached hydrogens (primary N) is 1. The first kappa shape index (κ1) is 23.6. The third kappa shape index (κ3) is 8.43. The monoisotopic (exact) mass is 424 g/mol. The van der Waals surface area contributed by atoms with Crippen molar-refractivity contribution in [1.29, 1.82) is 0 Å². The molecule has 8 nitrogen and oxygen atoms in total. The number of hydrogen-bond donors (Lipinski definition) is 2. The Morgan fingerprint density at radius 2 is 2.00 bits per heavy atom. The van der Waals surface area contributed by atoms with Crippen LogP contribution in [0.4, 0.5) is 3.89 Å². The van der Waals surface area contributed by atoms with Gasteiger partial charge < -0.3 is 24.6 Å². The molecule has 0 bridgehead atoms. The van der Waals surface area contributed by atoms with Crippen LogP contribution in [0.15, 0.2) is 24.3 Å². The summed E-state index contributed by atoms with van der Waals surface area (Å²) in [6.07, 6.45) is 0.784. The number of nitrogens with zero attached hydrogens (tertiary/aromatic N) is 1. The summed E-state index contributed by atoms with van der Waals surface area (Å²) < 4.78 is 41.0. The van der Waals surface area contributed by atoms with Crippen LogP contribution in [-0.2, 0) is 21.1 Å². The summed E-state index contributed by atoms with van der Waals surface area (Å²) in [5, 5.41) is 9.63. The Kier molecular flexibility index (Phi) is 8.95. The fourth-order valence-electron chi connectivity index (χ4n) is 3.13. The number of thioether (sulfide) groups is 1. The molecule has 3 N–H and O–H groups in total. The van der Waals surface area contributed by atoms with Crippen molar-refractivity contribution in [3.8, 4) is 5.75 Å². The lowest BCUT2D eigenvalue weighted by atomic mass is 10.2. The van der Waals surface area contributed by atoms with Crippen molar-refractivity contribution in [3.63, 3.8) is 0 Å². The van der Waals surface area contributed by atoms with Crippen molar-refractivity contribution in [1.82, 2.24) is 0 Å². The van der Waals surface area contributed by atoms with Gasteiger partial charge >= 0.3 is 0 Å². The van der Waals surface area contributed by atoms with Gasteiger partial charge in [0.2, 0.25) is 0 Å². The molecule has 1 fully saturated rings. The van der Waals surface area contributed by atoms with Gasteiger partial charge in [-0.25, -0.2) is 8.42 Å². The van der Waals surface area contributed by atoms with Crippen LogP contribution in [0.1, 0.15) is 12.0 Å². The molecule has 1 aliphatic rings. The molecule has 1 unspecified atom stereocenters. The summed E-state index contributed by atoms with van der Waals surface area (Å²) in [5.41, 5.74) is 6.79. The second-order valence-corrected chi connectivity index (χ2v) is 8.51. The second-order valence-electron chi connectivity index (χ2n) is 6.44. The van der Waals surface area contributed by atoms with Gasteiger partial charge in [-0.2, -0.15) is 0 Å². The first-order chi connectivity index (χ1) is 12.5. The number of methoxy groups -OCH3 is 1. The van der Waals surface area contributed by atoms with Crippen LogP contribution in [0.3, 0.4) is 0 Å². The number of rotatable bonds is 7. The van der Waals surface area contributed by atoms with Crippen LogP contribution in [0.25, 0.3) is 0 Å². The lowest BCUT2D eigenvalue weighted by molar-refractivity contribution is -0.912. The summed E-state index contributed by atoms with van der Waals surface area (Å²) in [6, 6.07) is 7.86. The van der Waals surface area contributed by atoms with Gasteiger partial charge in [-0.1, -0.05) is 12.1 Å². The van der Waals surface area contributed by atoms with Gasteiger partial charge in [0.25, 0.3) is 16.4 Å². The van der Waals surface area contributed by atoms with E-state index in [1.54, 1.807) is 7.11 Å². The molecule has 0 saturated carbocycles. The number of aliphatic hydroxyl groups excluding tert-OH is 1. The zero-order valence-corrected chi connectivity index (χ0v) is 16.8. The highest BCUT2D eigenvalue weighted by Gasteiger charge is 2.46. The van der Waals surface area contributed by atoms with Crippen LogP contribution in [0.5, 0.6) is 5.75 Å². The number of halogens is 1. The Bertz CT molecular complexity index is 708. The number of primary amides is 1. The number of quaternary nitrogens is 1. The van der Waals surface area contributed by atoms with E-state index in [1.165, 1.54) is 5.56 Å². The molecule has 1 heterocycles. The summed E-state index contributed by atoms with van der Waals surface area (Å²) in [4.78, 5) is 11.7. The van der Waals surface area contributed by atoms with E-state index in [9.17, 15) is 13.8 Å². The number of hydrogen-bond acceptors (Lipinski definition) is 7. The first-order valence-electron chi connectivity index (χ1n) is 8.13. The molecule has 1 aromatic rings. The van der Waals surface area contributed by atoms with Gasteiger partial charge in [0.05, 0.1) is 32.6 Å². The highest BCUT2D eigenvalue weighted by Crippen LogP contribution is 2.34. The Labute approximate surface area is 163 Å². The molecule has 2 rings (SSSR count). The van der Waals surface area contributed by atoms with Gasteiger partial charge in [-0.15, -0.1) is 15.6 Å². The highest BCUT2D eigenvalue weighted by molar-refractivity contribution is 7.99. The standard InChI is InChI=1S/C16H24N2O3S.FHO3S/c1-18(7-8-19)10-14(9-15(18)16(17)20)22-11-12-3-5-13(21-2)6-4-12;1-5(2,3)4/h3-6,14-15,19H,7-11H2,1-2H3,(H-,17,20);(H,2,3,4)/t14-,15-,18?;/m0./s1. The Hall–Kier alpha value is -1.40. The van der Waals surface area contributed by atoms with E-state index in [1.807, 2.05) is 30.9 Å². The molecule has 1 amide bonds. The topological polar surface area (TPSA) is 130 Å². The second kappa shape index (κ2) is 10.2. The van der Waals surface area contributed by atoms with E-state index < -0.39 is 10.5 Å². The van der Waals surface area contributed by atoms with Crippen molar-refractivity contribution >= 4 is 28.2 Å². The smallest absolute Gasteiger partial charge is 0.275 e. The molecule has 1 aromatic carbocycles. The molecule has 27 heavy (non-hydrogen) atoms. The average Bonchev–Trinajstić information content (AvgIpc) is 2.89. The minimum Gasteiger partial charge on any atom is -0.722 e. The minimum atomic E-state index is -5.42. The number of aliphatic hydroxyl groups is 1. The minimum absolute atomic E-state index is 0.0795. The zero-order chi connectivity index (χ0) is 20.7. The van der Waals surface area contributed by atoms with E-state index in [-0.39, 0.29) is 18.6 Å². The van der Waals surface area contributed by atoms with Crippen LogP contribution in [0.2, 0.25) is 0 Å². The molecule has 1 saturated heterocycles. The largest absolute Gasteiger partial charge is 0.722 e. The van der Waals surface area contributed by atoms with Crippen LogP contribution in [-0.4, -0.2) is 73.6 Å². The normalized spacial score (nSPS) is 24.8. The summed E-state index contributed by atoms with van der Waals surface area (Å²) >= 11 is 1.85. The zero-order valence-electron chi connectivity index (χ0n) is 15.2. The lowest BCUT2D eigenvalue weighted by Crippen LogP contribution is -2.55. The molecule has 11 heteroatoms. The number of amides is 1. The first-order valence-corrected chi connectivity index (χ1v) is 10.5. The van der Waals surface area contributed by atoms with E-state index in [0.29, 0.717) is 16.3 Å². The Balaban J connectivity index is 0.000000646. The van der Waals surface area contributed by atoms with Crippen LogP contribution in [0, 0.1) is 0 Å². The molecule has 0 aliphatic carbocycles.